The van der Waals surface area contributed by atoms with Crippen LogP contribution < -0.4 is 9.80 Å². The molecule has 1 fully saturated rings. The Hall–Kier alpha value is -3.02. The van der Waals surface area contributed by atoms with E-state index in [9.17, 15) is 9.18 Å². The van der Waals surface area contributed by atoms with Crippen LogP contribution in [0.1, 0.15) is 18.5 Å². The normalized spacial score (nSPS) is 17.0. The van der Waals surface area contributed by atoms with E-state index in [-0.39, 0.29) is 17.6 Å². The summed E-state index contributed by atoms with van der Waals surface area (Å²) in [6.45, 7) is 3.38. The zero-order valence-corrected chi connectivity index (χ0v) is 16.1. The first-order chi connectivity index (χ1) is 13.5. The summed E-state index contributed by atoms with van der Waals surface area (Å²) in [5.74, 6) is 0.304. The molecule has 0 bridgehead atoms. The van der Waals surface area contributed by atoms with Crippen LogP contribution in [0.2, 0.25) is 0 Å². The molecule has 0 spiro atoms. The molecule has 0 N–H and O–H groups in total. The quantitative estimate of drug-likeness (QED) is 0.692. The number of carbonyl (C=O) groups excluding carboxylic acids is 1. The Bertz CT molecular complexity index is 1010. The van der Waals surface area contributed by atoms with E-state index >= 15 is 0 Å². The van der Waals surface area contributed by atoms with Crippen LogP contribution in [-0.4, -0.2) is 36.0 Å². The number of aryl methyl sites for hydroxylation is 1. The van der Waals surface area contributed by atoms with E-state index in [1.54, 1.807) is 24.2 Å². The summed E-state index contributed by atoms with van der Waals surface area (Å²) in [5.41, 5.74) is 2.60. The number of fused-ring (bicyclic) bond motifs is 1. The molecule has 1 unspecified atom stereocenters. The molecule has 144 valence electrons. The molecular weight excluding hydrogens is 355 g/mol. The first-order valence-electron chi connectivity index (χ1n) is 9.53. The average molecular weight is 378 g/mol. The van der Waals surface area contributed by atoms with Crippen molar-refractivity contribution in [3.05, 3.63) is 60.2 Å². The Morgan fingerprint density at radius 2 is 2.11 bits per heavy atom. The van der Waals surface area contributed by atoms with Gasteiger partial charge in [0, 0.05) is 43.1 Å². The number of benzene rings is 1. The molecule has 1 aliphatic heterocycles. The summed E-state index contributed by atoms with van der Waals surface area (Å²) in [7, 11) is 1.77. The molecule has 5 nitrogen and oxygen atoms in total. The molecule has 6 heteroatoms. The van der Waals surface area contributed by atoms with Gasteiger partial charge in [-0.15, -0.1) is 0 Å². The first-order valence-corrected chi connectivity index (χ1v) is 9.53. The predicted octanol–water partition coefficient (Wildman–Crippen LogP) is 3.96. The summed E-state index contributed by atoms with van der Waals surface area (Å²) < 4.78 is 13.9. The lowest BCUT2D eigenvalue weighted by Gasteiger charge is -2.35. The van der Waals surface area contributed by atoms with Crippen LogP contribution in [0.4, 0.5) is 15.9 Å². The largest absolute Gasteiger partial charge is 0.370 e. The van der Waals surface area contributed by atoms with Crippen molar-refractivity contribution in [3.63, 3.8) is 0 Å². The number of rotatable bonds is 3. The summed E-state index contributed by atoms with van der Waals surface area (Å²) in [4.78, 5) is 25.7. The number of pyridine rings is 2. The van der Waals surface area contributed by atoms with Crippen molar-refractivity contribution in [2.45, 2.75) is 19.8 Å². The van der Waals surface area contributed by atoms with Crippen LogP contribution in [0.3, 0.4) is 0 Å². The number of carbonyl (C=O) groups is 1. The van der Waals surface area contributed by atoms with Gasteiger partial charge in [-0.25, -0.2) is 9.37 Å². The van der Waals surface area contributed by atoms with Crippen LogP contribution in [0.15, 0.2) is 48.7 Å². The van der Waals surface area contributed by atoms with Crippen molar-refractivity contribution in [3.8, 4) is 0 Å². The van der Waals surface area contributed by atoms with Gasteiger partial charge in [0.05, 0.1) is 11.4 Å². The fourth-order valence-corrected chi connectivity index (χ4v) is 3.91. The molecule has 28 heavy (non-hydrogen) atoms. The molecule has 0 aliphatic carbocycles. The number of aromatic nitrogens is 2. The fraction of sp³-hybridized carbons (Fsp3) is 0.318. The van der Waals surface area contributed by atoms with Gasteiger partial charge in [-0.3, -0.25) is 14.7 Å². The minimum atomic E-state index is -0.279. The monoisotopic (exact) mass is 378 g/mol. The van der Waals surface area contributed by atoms with E-state index in [1.807, 2.05) is 31.2 Å². The van der Waals surface area contributed by atoms with Crippen LogP contribution in [-0.2, 0) is 4.79 Å². The second-order valence-corrected chi connectivity index (χ2v) is 7.31. The molecule has 3 aromatic rings. The summed E-state index contributed by atoms with van der Waals surface area (Å²) >= 11 is 0. The number of hydrogen-bond donors (Lipinski definition) is 0. The van der Waals surface area contributed by atoms with Crippen LogP contribution in [0.5, 0.6) is 0 Å². The molecule has 2 aromatic heterocycles. The van der Waals surface area contributed by atoms with Gasteiger partial charge in [0.15, 0.2) is 0 Å². The van der Waals surface area contributed by atoms with Gasteiger partial charge in [-0.2, -0.15) is 0 Å². The van der Waals surface area contributed by atoms with E-state index in [2.05, 4.69) is 14.9 Å². The van der Waals surface area contributed by atoms with Gasteiger partial charge >= 0.3 is 0 Å². The highest BCUT2D eigenvalue weighted by Gasteiger charge is 2.29. The van der Waals surface area contributed by atoms with Crippen LogP contribution >= 0.6 is 0 Å². The lowest BCUT2D eigenvalue weighted by Crippen LogP contribution is -2.44. The highest BCUT2D eigenvalue weighted by atomic mass is 19.1. The van der Waals surface area contributed by atoms with E-state index in [1.165, 1.54) is 12.1 Å². The molecular formula is C22H23FN4O. The second-order valence-electron chi connectivity index (χ2n) is 7.31. The molecule has 1 amide bonds. The number of anilines is 2. The van der Waals surface area contributed by atoms with Gasteiger partial charge in [0.1, 0.15) is 11.6 Å². The first kappa shape index (κ1) is 18.3. The second kappa shape index (κ2) is 7.54. The van der Waals surface area contributed by atoms with Gasteiger partial charge < -0.3 is 4.90 Å². The Labute approximate surface area is 163 Å². The number of halogens is 1. The molecule has 1 aromatic carbocycles. The Morgan fingerprint density at radius 3 is 2.89 bits per heavy atom. The smallest absolute Gasteiger partial charge is 0.232 e. The Kier molecular flexibility index (Phi) is 4.94. The van der Waals surface area contributed by atoms with Crippen LogP contribution in [0, 0.1) is 18.7 Å². The number of piperidine rings is 1. The third-order valence-electron chi connectivity index (χ3n) is 5.31. The Morgan fingerprint density at radius 1 is 1.25 bits per heavy atom. The highest BCUT2D eigenvalue weighted by molar-refractivity contribution is 5.95. The lowest BCUT2D eigenvalue weighted by atomic mass is 9.95. The maximum atomic E-state index is 13.9. The van der Waals surface area contributed by atoms with Gasteiger partial charge in [-0.05, 0) is 56.2 Å². The van der Waals surface area contributed by atoms with E-state index in [4.69, 9.17) is 0 Å². The summed E-state index contributed by atoms with van der Waals surface area (Å²) in [5, 5.41) is 0.789. The third-order valence-corrected chi connectivity index (χ3v) is 5.31. The van der Waals surface area contributed by atoms with E-state index < -0.39 is 0 Å². The molecule has 4 rings (SSSR count). The Balaban J connectivity index is 1.62. The lowest BCUT2D eigenvalue weighted by molar-refractivity contribution is -0.122. The van der Waals surface area contributed by atoms with Gasteiger partial charge in [-0.1, -0.05) is 6.07 Å². The molecule has 1 aliphatic rings. The standard InChI is InChI=1S/C22H23FN4O/c1-15-12-20(18-13-17(23)8-9-19(18)25-15)27-11-5-6-16(14-27)22(28)26(2)21-7-3-4-10-24-21/h3-4,7-10,12-13,16H,5-6,11,14H2,1-2H3. The van der Waals surface area contributed by atoms with E-state index in [0.717, 1.165) is 41.7 Å². The van der Waals surface area contributed by atoms with Gasteiger partial charge in [0.2, 0.25) is 5.91 Å². The SMILES string of the molecule is Cc1cc(N2CCCC(C(=O)N(C)c3ccccn3)C2)c2cc(F)ccc2n1. The van der Waals surface area contributed by atoms with Crippen molar-refractivity contribution in [1.82, 2.24) is 9.97 Å². The molecule has 3 heterocycles. The van der Waals surface area contributed by atoms with E-state index in [0.29, 0.717) is 12.4 Å². The fourth-order valence-electron chi connectivity index (χ4n) is 3.91. The van der Waals surface area contributed by atoms with Crippen molar-refractivity contribution < 1.29 is 9.18 Å². The summed E-state index contributed by atoms with van der Waals surface area (Å²) in [6, 6.07) is 12.2. The maximum absolute atomic E-state index is 13.9. The van der Waals surface area contributed by atoms with Crippen molar-refractivity contribution in [2.75, 3.05) is 29.9 Å². The third kappa shape index (κ3) is 3.54. The maximum Gasteiger partial charge on any atom is 0.232 e. The minimum Gasteiger partial charge on any atom is -0.370 e. The molecule has 1 atom stereocenters. The molecule has 0 radical (unpaired) electrons. The zero-order valence-electron chi connectivity index (χ0n) is 16.1. The van der Waals surface area contributed by atoms with Gasteiger partial charge in [0.25, 0.3) is 0 Å². The zero-order chi connectivity index (χ0) is 19.7. The predicted molar refractivity (Wildman–Crippen MR) is 109 cm³/mol. The van der Waals surface area contributed by atoms with Crippen molar-refractivity contribution >= 4 is 28.3 Å². The topological polar surface area (TPSA) is 49.3 Å². The highest BCUT2D eigenvalue weighted by Crippen LogP contribution is 2.31. The van der Waals surface area contributed by atoms with Crippen molar-refractivity contribution in [2.24, 2.45) is 5.92 Å². The number of amides is 1. The number of nitrogens with zero attached hydrogens (tertiary/aromatic N) is 4. The molecule has 1 saturated heterocycles. The molecule has 0 saturated carbocycles. The van der Waals surface area contributed by atoms with Crippen molar-refractivity contribution in [1.29, 1.82) is 0 Å². The summed E-state index contributed by atoms with van der Waals surface area (Å²) in [6.07, 6.45) is 3.43. The minimum absolute atomic E-state index is 0.0599. The van der Waals surface area contributed by atoms with Crippen LogP contribution in [0.25, 0.3) is 10.9 Å². The average Bonchev–Trinajstić information content (AvgIpc) is 2.73. The number of hydrogen-bond acceptors (Lipinski definition) is 4.